The molecule has 27 heavy (non-hydrogen) atoms. The summed E-state index contributed by atoms with van der Waals surface area (Å²) in [4.78, 5) is 30.9. The maximum absolute atomic E-state index is 12.1. The summed E-state index contributed by atoms with van der Waals surface area (Å²) >= 11 is 1.17. The first-order valence-corrected chi connectivity index (χ1v) is 9.34. The summed E-state index contributed by atoms with van der Waals surface area (Å²) in [6.45, 7) is 2.16. The largest absolute Gasteiger partial charge is 0.487 e. The molecule has 1 heterocycles. The van der Waals surface area contributed by atoms with Crippen LogP contribution in [0.3, 0.4) is 0 Å². The molecule has 0 aliphatic carbocycles. The quantitative estimate of drug-likeness (QED) is 0.484. The van der Waals surface area contributed by atoms with Gasteiger partial charge in [0.25, 0.3) is 5.56 Å². The van der Waals surface area contributed by atoms with Crippen LogP contribution in [0.5, 0.6) is 5.75 Å². The Morgan fingerprint density at radius 2 is 1.89 bits per heavy atom. The highest BCUT2D eigenvalue weighted by atomic mass is 32.2. The molecule has 0 aliphatic rings. The summed E-state index contributed by atoms with van der Waals surface area (Å²) in [5.41, 5.74) is 2.08. The third-order valence-corrected chi connectivity index (χ3v) is 4.45. The molecule has 3 rings (SSSR count). The van der Waals surface area contributed by atoms with Crippen molar-refractivity contribution in [2.24, 2.45) is 0 Å². The van der Waals surface area contributed by atoms with E-state index in [9.17, 15) is 9.59 Å². The molecule has 0 unspecified atom stereocenters. The molecule has 138 valence electrons. The highest BCUT2D eigenvalue weighted by Gasteiger charge is 2.08. The predicted octanol–water partition coefficient (Wildman–Crippen LogP) is 3.39. The topological polar surface area (TPSA) is 84.1 Å². The van der Waals surface area contributed by atoms with Crippen LogP contribution < -0.4 is 15.6 Å². The van der Waals surface area contributed by atoms with Crippen LogP contribution >= 0.6 is 11.8 Å². The second-order valence-electron chi connectivity index (χ2n) is 5.85. The second kappa shape index (κ2) is 9.05. The van der Waals surface area contributed by atoms with Crippen LogP contribution in [0.15, 0.2) is 70.6 Å². The Morgan fingerprint density at radius 1 is 1.15 bits per heavy atom. The smallest absolute Gasteiger partial charge is 0.251 e. The van der Waals surface area contributed by atoms with E-state index in [4.69, 9.17) is 4.74 Å². The Morgan fingerprint density at radius 3 is 2.63 bits per heavy atom. The van der Waals surface area contributed by atoms with Gasteiger partial charge in [-0.3, -0.25) is 9.59 Å². The molecule has 0 fully saturated rings. The normalized spacial score (nSPS) is 10.4. The molecule has 2 N–H and O–H groups in total. The Labute approximate surface area is 161 Å². The predicted molar refractivity (Wildman–Crippen MR) is 106 cm³/mol. The van der Waals surface area contributed by atoms with Crippen molar-refractivity contribution < 1.29 is 9.53 Å². The maximum Gasteiger partial charge on any atom is 0.251 e. The lowest BCUT2D eigenvalue weighted by atomic mass is 10.2. The molecule has 0 aliphatic heterocycles. The van der Waals surface area contributed by atoms with Crippen molar-refractivity contribution in [1.29, 1.82) is 0 Å². The van der Waals surface area contributed by atoms with Crippen LogP contribution in [0.4, 0.5) is 5.69 Å². The van der Waals surface area contributed by atoms with Gasteiger partial charge in [0.2, 0.25) is 5.91 Å². The fourth-order valence-electron chi connectivity index (χ4n) is 2.27. The van der Waals surface area contributed by atoms with Crippen LogP contribution in [0.1, 0.15) is 11.3 Å². The summed E-state index contributed by atoms with van der Waals surface area (Å²) in [5, 5.41) is 3.19. The van der Waals surface area contributed by atoms with Gasteiger partial charge in [0.1, 0.15) is 12.4 Å². The van der Waals surface area contributed by atoms with E-state index >= 15 is 0 Å². The maximum atomic E-state index is 12.1. The van der Waals surface area contributed by atoms with Crippen LogP contribution in [-0.2, 0) is 11.4 Å². The van der Waals surface area contributed by atoms with E-state index in [0.29, 0.717) is 16.6 Å². The molecular weight excluding hydrogens is 362 g/mol. The number of thioether (sulfide) groups is 1. The van der Waals surface area contributed by atoms with E-state index < -0.39 is 0 Å². The summed E-state index contributed by atoms with van der Waals surface area (Å²) in [6, 6.07) is 18.2. The van der Waals surface area contributed by atoms with Crippen LogP contribution in [0.2, 0.25) is 0 Å². The van der Waals surface area contributed by atoms with Crippen LogP contribution in [0.25, 0.3) is 0 Å². The molecule has 7 heteroatoms. The number of anilines is 1. The molecule has 2 aromatic carbocycles. The number of H-pyrrole nitrogens is 1. The average Bonchev–Trinajstić information content (AvgIpc) is 2.67. The third kappa shape index (κ3) is 6.00. The van der Waals surface area contributed by atoms with Gasteiger partial charge in [-0.05, 0) is 31.2 Å². The number of hydrogen-bond donors (Lipinski definition) is 2. The summed E-state index contributed by atoms with van der Waals surface area (Å²) in [7, 11) is 0. The van der Waals surface area contributed by atoms with E-state index in [1.54, 1.807) is 0 Å². The van der Waals surface area contributed by atoms with E-state index in [2.05, 4.69) is 15.3 Å². The number of benzene rings is 2. The monoisotopic (exact) mass is 381 g/mol. The molecule has 1 aromatic heterocycles. The number of aryl methyl sites for hydroxylation is 1. The number of hydrogen-bond acceptors (Lipinski definition) is 5. The lowest BCUT2D eigenvalue weighted by Crippen LogP contribution is -2.16. The minimum absolute atomic E-state index is 0.139. The molecule has 0 saturated heterocycles. The lowest BCUT2D eigenvalue weighted by molar-refractivity contribution is -0.113. The van der Waals surface area contributed by atoms with Gasteiger partial charge in [-0.25, -0.2) is 4.98 Å². The number of carbonyl (C=O) groups excluding carboxylic acids is 1. The van der Waals surface area contributed by atoms with Gasteiger partial charge in [-0.15, -0.1) is 0 Å². The first-order chi connectivity index (χ1) is 13.1. The molecule has 1 amide bonds. The second-order valence-corrected chi connectivity index (χ2v) is 6.81. The fraction of sp³-hybridized carbons (Fsp3) is 0.150. The number of aromatic nitrogens is 2. The zero-order chi connectivity index (χ0) is 19.1. The Kier molecular flexibility index (Phi) is 6.27. The number of amides is 1. The van der Waals surface area contributed by atoms with Gasteiger partial charge >= 0.3 is 0 Å². The summed E-state index contributed by atoms with van der Waals surface area (Å²) in [5.74, 6) is 0.670. The lowest BCUT2D eigenvalue weighted by Gasteiger charge is -2.07. The van der Waals surface area contributed by atoms with Crippen molar-refractivity contribution in [2.45, 2.75) is 18.7 Å². The Bertz CT molecular complexity index is 956. The van der Waals surface area contributed by atoms with Crippen LogP contribution in [0, 0.1) is 6.92 Å². The summed E-state index contributed by atoms with van der Waals surface area (Å²) < 4.78 is 5.61. The standard InChI is InChI=1S/C20H19N3O3S/c1-14-7-9-15(10-8-14)21-19(25)13-27-20-22-16(11-18(24)23-20)12-26-17-5-3-2-4-6-17/h2-11H,12-13H2,1H3,(H,21,25)(H,22,23,24). The highest BCUT2D eigenvalue weighted by molar-refractivity contribution is 7.99. The van der Waals surface area contributed by atoms with Crippen molar-refractivity contribution in [3.05, 3.63) is 82.3 Å². The van der Waals surface area contributed by atoms with E-state index in [0.717, 1.165) is 11.3 Å². The van der Waals surface area contributed by atoms with E-state index in [1.165, 1.54) is 17.8 Å². The van der Waals surface area contributed by atoms with Gasteiger partial charge < -0.3 is 15.0 Å². The van der Waals surface area contributed by atoms with Gasteiger partial charge in [0.05, 0.1) is 11.4 Å². The zero-order valence-electron chi connectivity index (χ0n) is 14.8. The molecular formula is C20H19N3O3S. The zero-order valence-corrected chi connectivity index (χ0v) is 15.6. The molecule has 0 radical (unpaired) electrons. The number of nitrogens with zero attached hydrogens (tertiary/aromatic N) is 1. The van der Waals surface area contributed by atoms with Gasteiger partial charge in [0, 0.05) is 11.8 Å². The first kappa shape index (κ1) is 18.7. The fourth-order valence-corrected chi connectivity index (χ4v) is 2.96. The van der Waals surface area contributed by atoms with Crippen molar-refractivity contribution in [3.63, 3.8) is 0 Å². The molecule has 0 bridgehead atoms. The SMILES string of the molecule is Cc1ccc(NC(=O)CSc2nc(COc3ccccc3)cc(=O)[nH]2)cc1. The number of para-hydroxylation sites is 1. The van der Waals surface area contributed by atoms with Crippen molar-refractivity contribution >= 4 is 23.4 Å². The highest BCUT2D eigenvalue weighted by Crippen LogP contribution is 2.15. The van der Waals surface area contributed by atoms with Crippen LogP contribution in [-0.4, -0.2) is 21.6 Å². The minimum atomic E-state index is -0.280. The number of aromatic amines is 1. The third-order valence-electron chi connectivity index (χ3n) is 3.58. The van der Waals surface area contributed by atoms with Crippen molar-refractivity contribution in [1.82, 2.24) is 9.97 Å². The Hall–Kier alpha value is -3.06. The number of ether oxygens (including phenoxy) is 1. The Balaban J connectivity index is 1.56. The summed E-state index contributed by atoms with van der Waals surface area (Å²) in [6.07, 6.45) is 0. The average molecular weight is 381 g/mol. The number of carbonyl (C=O) groups is 1. The first-order valence-electron chi connectivity index (χ1n) is 8.36. The van der Waals surface area contributed by atoms with Crippen molar-refractivity contribution in [2.75, 3.05) is 11.1 Å². The number of rotatable bonds is 7. The number of nitrogens with one attached hydrogen (secondary N) is 2. The molecule has 0 atom stereocenters. The molecule has 3 aromatic rings. The minimum Gasteiger partial charge on any atom is -0.487 e. The van der Waals surface area contributed by atoms with E-state index in [1.807, 2.05) is 61.5 Å². The molecule has 0 spiro atoms. The molecule has 6 nitrogen and oxygen atoms in total. The van der Waals surface area contributed by atoms with E-state index in [-0.39, 0.29) is 23.8 Å². The molecule has 0 saturated carbocycles. The van der Waals surface area contributed by atoms with Gasteiger partial charge in [-0.1, -0.05) is 47.7 Å². The van der Waals surface area contributed by atoms with Gasteiger partial charge in [0.15, 0.2) is 5.16 Å². The van der Waals surface area contributed by atoms with Crippen molar-refractivity contribution in [3.8, 4) is 5.75 Å². The van der Waals surface area contributed by atoms with Gasteiger partial charge in [-0.2, -0.15) is 0 Å².